The van der Waals surface area contributed by atoms with Crippen LogP contribution in [0.3, 0.4) is 0 Å². The first-order chi connectivity index (χ1) is 11.2. The summed E-state index contributed by atoms with van der Waals surface area (Å²) in [4.78, 5) is 14.2. The minimum absolute atomic E-state index is 0.0199. The number of thiophene rings is 1. The predicted octanol–water partition coefficient (Wildman–Crippen LogP) is 5.42. The lowest BCUT2D eigenvalue weighted by Gasteiger charge is -2.15. The maximum atomic E-state index is 12.9. The number of hydrogen-bond donors (Lipinski definition) is 1. The fourth-order valence-electron chi connectivity index (χ4n) is 2.19. The Morgan fingerprint density at radius 3 is 2.50 bits per heavy atom. The number of carbonyl (C=O) groups is 1. The van der Waals surface area contributed by atoms with Gasteiger partial charge in [0.2, 0.25) is 0 Å². The Morgan fingerprint density at radius 1 is 1.25 bits per heavy atom. The van der Waals surface area contributed by atoms with E-state index in [2.05, 4.69) is 5.32 Å². The number of benzene rings is 1. The fraction of sp³-hybridized carbons (Fsp3) is 0.353. The maximum Gasteiger partial charge on any atom is 0.416 e. The number of anilines is 1. The summed E-state index contributed by atoms with van der Waals surface area (Å²) in [5.41, 5.74) is -0.359. The van der Waals surface area contributed by atoms with Crippen molar-refractivity contribution in [2.24, 2.45) is 0 Å². The summed E-state index contributed by atoms with van der Waals surface area (Å²) >= 11 is 1.46. The summed E-state index contributed by atoms with van der Waals surface area (Å²) in [5.74, 6) is -0.222. The normalized spacial score (nSPS) is 11.4. The molecule has 0 aliphatic carbocycles. The van der Waals surface area contributed by atoms with Crippen molar-refractivity contribution in [2.45, 2.75) is 33.4 Å². The first-order valence-electron chi connectivity index (χ1n) is 7.44. The number of rotatable bonds is 5. The predicted molar refractivity (Wildman–Crippen MR) is 89.0 cm³/mol. The van der Waals surface area contributed by atoms with Gasteiger partial charge < -0.3 is 10.1 Å². The molecule has 24 heavy (non-hydrogen) atoms. The highest BCUT2D eigenvalue weighted by Gasteiger charge is 2.31. The van der Waals surface area contributed by atoms with Crippen LogP contribution in [0.15, 0.2) is 24.3 Å². The average molecular weight is 357 g/mol. The highest BCUT2D eigenvalue weighted by atomic mass is 32.1. The lowest BCUT2D eigenvalue weighted by atomic mass is 10.1. The molecule has 0 spiro atoms. The molecule has 0 unspecified atom stereocenters. The Hall–Kier alpha value is -2.02. The van der Waals surface area contributed by atoms with Gasteiger partial charge >= 0.3 is 6.18 Å². The number of nitrogens with one attached hydrogen (secondary N) is 1. The smallest absolute Gasteiger partial charge is 0.416 e. The molecule has 2 aromatic rings. The van der Waals surface area contributed by atoms with Crippen LogP contribution in [-0.2, 0) is 6.18 Å². The third-order valence-corrected chi connectivity index (χ3v) is 4.27. The van der Waals surface area contributed by atoms with Gasteiger partial charge in [-0.3, -0.25) is 4.79 Å². The Balaban J connectivity index is 2.34. The number of hydrogen-bond acceptors (Lipinski definition) is 3. The van der Waals surface area contributed by atoms with E-state index in [1.54, 1.807) is 13.0 Å². The number of halogens is 3. The van der Waals surface area contributed by atoms with Crippen molar-refractivity contribution < 1.29 is 22.7 Å². The third kappa shape index (κ3) is 4.29. The number of alkyl halides is 3. The molecular formula is C17H18F3NO2S. The lowest BCUT2D eigenvalue weighted by Crippen LogP contribution is -2.15. The van der Waals surface area contributed by atoms with E-state index in [1.807, 2.05) is 13.8 Å². The van der Waals surface area contributed by atoms with Gasteiger partial charge in [-0.2, -0.15) is 13.2 Å². The van der Waals surface area contributed by atoms with Gasteiger partial charge in [0.25, 0.3) is 5.91 Å². The van der Waals surface area contributed by atoms with Gasteiger partial charge in [-0.25, -0.2) is 0 Å². The van der Waals surface area contributed by atoms with Crippen LogP contribution in [0.1, 0.15) is 39.0 Å². The third-order valence-electron chi connectivity index (χ3n) is 3.30. The minimum atomic E-state index is -4.49. The maximum absolute atomic E-state index is 12.9. The zero-order chi connectivity index (χ0) is 17.9. The Labute approximate surface area is 142 Å². The van der Waals surface area contributed by atoms with Crippen molar-refractivity contribution in [3.05, 3.63) is 45.1 Å². The van der Waals surface area contributed by atoms with E-state index in [-0.39, 0.29) is 11.4 Å². The first kappa shape index (κ1) is 18.3. The molecule has 0 saturated heterocycles. The van der Waals surface area contributed by atoms with Crippen molar-refractivity contribution in [1.82, 2.24) is 0 Å². The summed E-state index contributed by atoms with van der Waals surface area (Å²) in [7, 11) is 0. The SMILES string of the molecule is CCCOc1ccc(C(F)(F)F)cc1NC(=O)c1cc(C)sc1C. The molecule has 0 aliphatic rings. The summed E-state index contributed by atoms with van der Waals surface area (Å²) < 4.78 is 44.2. The van der Waals surface area contributed by atoms with Gasteiger partial charge in [0.05, 0.1) is 23.4 Å². The Morgan fingerprint density at radius 2 is 1.96 bits per heavy atom. The van der Waals surface area contributed by atoms with Crippen LogP contribution in [0.5, 0.6) is 5.75 Å². The first-order valence-corrected chi connectivity index (χ1v) is 8.26. The van der Waals surface area contributed by atoms with Crippen molar-refractivity contribution in [3.63, 3.8) is 0 Å². The van der Waals surface area contributed by atoms with Crippen LogP contribution in [0, 0.1) is 13.8 Å². The van der Waals surface area contributed by atoms with E-state index >= 15 is 0 Å². The molecule has 130 valence electrons. The summed E-state index contributed by atoms with van der Waals surface area (Å²) in [6.07, 6.45) is -3.78. The molecule has 0 radical (unpaired) electrons. The van der Waals surface area contributed by atoms with Gasteiger partial charge in [-0.05, 0) is 44.5 Å². The molecule has 0 saturated carbocycles. The number of aryl methyl sites for hydroxylation is 2. The minimum Gasteiger partial charge on any atom is -0.491 e. The number of amides is 1. The fourth-order valence-corrected chi connectivity index (χ4v) is 3.11. The van der Waals surface area contributed by atoms with Crippen molar-refractivity contribution >= 4 is 22.9 Å². The van der Waals surface area contributed by atoms with Crippen molar-refractivity contribution in [3.8, 4) is 5.75 Å². The molecular weight excluding hydrogens is 339 g/mol. The van der Waals surface area contributed by atoms with Crippen LogP contribution < -0.4 is 10.1 Å². The molecule has 0 atom stereocenters. The molecule has 0 aliphatic heterocycles. The average Bonchev–Trinajstić information content (AvgIpc) is 2.83. The van der Waals surface area contributed by atoms with Crippen LogP contribution in [0.25, 0.3) is 0 Å². The molecule has 1 amide bonds. The van der Waals surface area contributed by atoms with Gasteiger partial charge in [0.15, 0.2) is 0 Å². The molecule has 7 heteroatoms. The second-order valence-electron chi connectivity index (χ2n) is 5.34. The van der Waals surface area contributed by atoms with Crippen LogP contribution in [0.4, 0.5) is 18.9 Å². The second-order valence-corrected chi connectivity index (χ2v) is 6.80. The van der Waals surface area contributed by atoms with Crippen LogP contribution in [-0.4, -0.2) is 12.5 Å². The van der Waals surface area contributed by atoms with Crippen molar-refractivity contribution in [2.75, 3.05) is 11.9 Å². The van der Waals surface area contributed by atoms with Crippen molar-refractivity contribution in [1.29, 1.82) is 0 Å². The number of ether oxygens (including phenoxy) is 1. The topological polar surface area (TPSA) is 38.3 Å². The highest BCUT2D eigenvalue weighted by molar-refractivity contribution is 7.12. The second kappa shape index (κ2) is 7.25. The number of carbonyl (C=O) groups excluding carboxylic acids is 1. The quantitative estimate of drug-likeness (QED) is 0.775. The molecule has 0 bridgehead atoms. The lowest BCUT2D eigenvalue weighted by molar-refractivity contribution is -0.137. The van der Waals surface area contributed by atoms with Gasteiger partial charge in [0.1, 0.15) is 5.75 Å². The largest absolute Gasteiger partial charge is 0.491 e. The monoisotopic (exact) mass is 357 g/mol. The summed E-state index contributed by atoms with van der Waals surface area (Å²) in [6, 6.07) is 4.80. The van der Waals surface area contributed by atoms with E-state index in [4.69, 9.17) is 4.74 Å². The van der Waals surface area contributed by atoms with E-state index in [0.29, 0.717) is 18.6 Å². The molecule has 2 rings (SSSR count). The van der Waals surface area contributed by atoms with E-state index in [1.165, 1.54) is 17.4 Å². The zero-order valence-electron chi connectivity index (χ0n) is 13.6. The highest BCUT2D eigenvalue weighted by Crippen LogP contribution is 2.35. The molecule has 0 fully saturated rings. The molecule has 1 aromatic heterocycles. The van der Waals surface area contributed by atoms with Crippen LogP contribution in [0.2, 0.25) is 0 Å². The van der Waals surface area contributed by atoms with Gasteiger partial charge in [-0.15, -0.1) is 11.3 Å². The summed E-state index contributed by atoms with van der Waals surface area (Å²) in [5, 5.41) is 2.55. The standard InChI is InChI=1S/C17H18F3NO2S/c1-4-7-23-15-6-5-12(17(18,19)20)9-14(15)21-16(22)13-8-10(2)24-11(13)3/h5-6,8-9H,4,7H2,1-3H3,(H,21,22). The Bertz CT molecular complexity index is 738. The molecule has 1 heterocycles. The van der Waals surface area contributed by atoms with Crippen LogP contribution >= 0.6 is 11.3 Å². The van der Waals surface area contributed by atoms with Gasteiger partial charge in [-0.1, -0.05) is 6.92 Å². The molecule has 1 aromatic carbocycles. The van der Waals surface area contributed by atoms with E-state index in [0.717, 1.165) is 21.9 Å². The molecule has 1 N–H and O–H groups in total. The Kier molecular flexibility index (Phi) is 5.54. The van der Waals surface area contributed by atoms with Gasteiger partial charge in [0, 0.05) is 9.75 Å². The molecule has 3 nitrogen and oxygen atoms in total. The van der Waals surface area contributed by atoms with E-state index in [9.17, 15) is 18.0 Å². The van der Waals surface area contributed by atoms with E-state index < -0.39 is 17.6 Å². The zero-order valence-corrected chi connectivity index (χ0v) is 14.4. The summed E-state index contributed by atoms with van der Waals surface area (Å²) in [6.45, 7) is 5.91.